The fourth-order valence-corrected chi connectivity index (χ4v) is 6.43. The van der Waals surface area contributed by atoms with E-state index in [9.17, 15) is 5.11 Å². The summed E-state index contributed by atoms with van der Waals surface area (Å²) in [4.78, 5) is 2.82. The second kappa shape index (κ2) is 3.96. The van der Waals surface area contributed by atoms with E-state index in [4.69, 9.17) is 0 Å². The van der Waals surface area contributed by atoms with Crippen molar-refractivity contribution >= 4 is 0 Å². The van der Waals surface area contributed by atoms with Crippen LogP contribution in [0.1, 0.15) is 51.9 Å². The van der Waals surface area contributed by atoms with Crippen molar-refractivity contribution in [2.45, 2.75) is 63.5 Å². The van der Waals surface area contributed by atoms with Crippen LogP contribution in [0, 0.1) is 23.7 Å². The van der Waals surface area contributed by atoms with Gasteiger partial charge in [-0.2, -0.15) is 0 Å². The van der Waals surface area contributed by atoms with Gasteiger partial charge in [-0.15, -0.1) is 0 Å². The second-order valence-corrected chi connectivity index (χ2v) is 7.58. The molecular formula is C16H27NO. The normalized spacial score (nSPS) is 56.0. The summed E-state index contributed by atoms with van der Waals surface area (Å²) in [5.74, 6) is 3.20. The van der Waals surface area contributed by atoms with E-state index in [2.05, 4.69) is 11.8 Å². The van der Waals surface area contributed by atoms with E-state index in [-0.39, 0.29) is 6.10 Å². The summed E-state index contributed by atoms with van der Waals surface area (Å²) in [7, 11) is 0. The van der Waals surface area contributed by atoms with Crippen LogP contribution in [0.15, 0.2) is 0 Å². The minimum absolute atomic E-state index is 0.000324. The molecule has 0 amide bonds. The molecule has 2 heterocycles. The Hall–Kier alpha value is -0.0800. The van der Waals surface area contributed by atoms with Gasteiger partial charge in [-0.1, -0.05) is 6.92 Å². The molecule has 2 heteroatoms. The summed E-state index contributed by atoms with van der Waals surface area (Å²) in [6.45, 7) is 5.06. The van der Waals surface area contributed by atoms with Crippen molar-refractivity contribution in [2.75, 3.05) is 13.1 Å². The Morgan fingerprint density at radius 2 is 1.78 bits per heavy atom. The first-order valence-electron chi connectivity index (χ1n) is 8.15. The molecule has 1 N–H and O–H groups in total. The molecule has 102 valence electrons. The Balaban J connectivity index is 1.80. The van der Waals surface area contributed by atoms with Crippen molar-refractivity contribution in [1.82, 2.24) is 4.90 Å². The lowest BCUT2D eigenvalue weighted by atomic mass is 9.48. The molecule has 4 fully saturated rings. The van der Waals surface area contributed by atoms with Crippen molar-refractivity contribution in [2.24, 2.45) is 23.7 Å². The number of aliphatic hydroxyl groups is 1. The third-order valence-corrected chi connectivity index (χ3v) is 6.72. The van der Waals surface area contributed by atoms with E-state index in [1.54, 1.807) is 0 Å². The summed E-state index contributed by atoms with van der Waals surface area (Å²) < 4.78 is 0. The first kappa shape index (κ1) is 11.7. The van der Waals surface area contributed by atoms with Crippen molar-refractivity contribution < 1.29 is 5.11 Å². The predicted octanol–water partition coefficient (Wildman–Crippen LogP) is 2.66. The molecule has 0 aromatic rings. The topological polar surface area (TPSA) is 23.5 Å². The molecule has 2 saturated heterocycles. The van der Waals surface area contributed by atoms with Crippen LogP contribution in [0.3, 0.4) is 0 Å². The van der Waals surface area contributed by atoms with Crippen LogP contribution in [-0.2, 0) is 0 Å². The van der Waals surface area contributed by atoms with E-state index < -0.39 is 0 Å². The highest BCUT2D eigenvalue weighted by Crippen LogP contribution is 2.60. The number of nitrogens with zero attached hydrogens (tertiary/aromatic N) is 1. The maximum absolute atomic E-state index is 10.6. The van der Waals surface area contributed by atoms with Gasteiger partial charge in [0, 0.05) is 11.5 Å². The van der Waals surface area contributed by atoms with Gasteiger partial charge in [0.25, 0.3) is 0 Å². The van der Waals surface area contributed by atoms with Gasteiger partial charge in [-0.3, -0.25) is 4.90 Å². The molecule has 2 bridgehead atoms. The SMILES string of the molecule is C[C@@H]1C[C@H]2C[C@H](O)[C@@H]3CCCN4CCC[C@H]2[C@]34C1. The molecule has 2 aliphatic heterocycles. The Kier molecular flexibility index (Phi) is 2.58. The predicted molar refractivity (Wildman–Crippen MR) is 72.3 cm³/mol. The van der Waals surface area contributed by atoms with Gasteiger partial charge in [0.2, 0.25) is 0 Å². The van der Waals surface area contributed by atoms with E-state index in [1.165, 1.54) is 51.6 Å². The fourth-order valence-electron chi connectivity index (χ4n) is 6.43. The maximum atomic E-state index is 10.6. The molecule has 4 rings (SSSR count). The zero-order chi connectivity index (χ0) is 12.3. The van der Waals surface area contributed by atoms with E-state index in [0.717, 1.165) is 24.2 Å². The van der Waals surface area contributed by atoms with Gasteiger partial charge < -0.3 is 5.11 Å². The molecule has 2 aliphatic carbocycles. The fraction of sp³-hybridized carbons (Fsp3) is 1.00. The van der Waals surface area contributed by atoms with Gasteiger partial charge in [0.05, 0.1) is 6.10 Å². The molecule has 1 spiro atoms. The molecule has 4 aliphatic rings. The summed E-state index contributed by atoms with van der Waals surface area (Å²) in [5.41, 5.74) is 0.413. The van der Waals surface area contributed by atoms with Crippen LogP contribution in [0.5, 0.6) is 0 Å². The van der Waals surface area contributed by atoms with E-state index >= 15 is 0 Å². The molecule has 0 aromatic carbocycles. The Morgan fingerprint density at radius 3 is 2.56 bits per heavy atom. The standard InChI is InChI=1S/C16H27NO/c1-11-8-12-9-15(18)14-5-3-7-17-6-2-4-13(12)16(14,17)10-11/h11-15,18H,2-10H2,1H3/t11-,12+,13-,14+,15+,16-/m1/s1. The average molecular weight is 249 g/mol. The lowest BCUT2D eigenvalue weighted by Gasteiger charge is -2.67. The molecule has 18 heavy (non-hydrogen) atoms. The Morgan fingerprint density at radius 1 is 1.06 bits per heavy atom. The van der Waals surface area contributed by atoms with Gasteiger partial charge in [0.15, 0.2) is 0 Å². The van der Waals surface area contributed by atoms with Crippen molar-refractivity contribution in [1.29, 1.82) is 0 Å². The minimum Gasteiger partial charge on any atom is -0.393 e. The summed E-state index contributed by atoms with van der Waals surface area (Å²) in [6, 6.07) is 0. The van der Waals surface area contributed by atoms with E-state index in [1.807, 2.05) is 0 Å². The third-order valence-electron chi connectivity index (χ3n) is 6.72. The number of hydrogen-bond acceptors (Lipinski definition) is 2. The van der Waals surface area contributed by atoms with Crippen LogP contribution >= 0.6 is 0 Å². The summed E-state index contributed by atoms with van der Waals surface area (Å²) in [5, 5.41) is 10.6. The third kappa shape index (κ3) is 1.37. The molecular weight excluding hydrogens is 222 g/mol. The summed E-state index contributed by atoms with van der Waals surface area (Å²) in [6.07, 6.45) is 9.30. The molecule has 2 saturated carbocycles. The van der Waals surface area contributed by atoms with Crippen LogP contribution in [-0.4, -0.2) is 34.7 Å². The molecule has 2 nitrogen and oxygen atoms in total. The zero-order valence-corrected chi connectivity index (χ0v) is 11.6. The number of hydrogen-bond donors (Lipinski definition) is 1. The highest BCUT2D eigenvalue weighted by molar-refractivity contribution is 5.15. The first-order valence-corrected chi connectivity index (χ1v) is 8.15. The molecule has 0 unspecified atom stereocenters. The monoisotopic (exact) mass is 249 g/mol. The average Bonchev–Trinajstić information content (AvgIpc) is 2.33. The molecule has 6 atom stereocenters. The largest absolute Gasteiger partial charge is 0.393 e. The minimum atomic E-state index is -0.000324. The van der Waals surface area contributed by atoms with Crippen molar-refractivity contribution in [3.05, 3.63) is 0 Å². The van der Waals surface area contributed by atoms with Gasteiger partial charge in [-0.05, 0) is 75.8 Å². The highest BCUT2D eigenvalue weighted by atomic mass is 16.3. The number of aliphatic hydroxyl groups excluding tert-OH is 1. The lowest BCUT2D eigenvalue weighted by Crippen LogP contribution is -2.72. The molecule has 0 radical (unpaired) electrons. The Bertz CT molecular complexity index is 330. The lowest BCUT2D eigenvalue weighted by molar-refractivity contribution is -0.194. The van der Waals surface area contributed by atoms with Crippen molar-refractivity contribution in [3.8, 4) is 0 Å². The van der Waals surface area contributed by atoms with Gasteiger partial charge in [0.1, 0.15) is 0 Å². The van der Waals surface area contributed by atoms with Crippen LogP contribution in [0.25, 0.3) is 0 Å². The second-order valence-electron chi connectivity index (χ2n) is 7.58. The Labute approximate surface area is 111 Å². The molecule has 0 aromatic heterocycles. The smallest absolute Gasteiger partial charge is 0.0589 e. The highest BCUT2D eigenvalue weighted by Gasteiger charge is 2.61. The van der Waals surface area contributed by atoms with Gasteiger partial charge in [-0.25, -0.2) is 0 Å². The number of piperidine rings is 2. The number of rotatable bonds is 0. The summed E-state index contributed by atoms with van der Waals surface area (Å²) >= 11 is 0. The van der Waals surface area contributed by atoms with Crippen LogP contribution in [0.4, 0.5) is 0 Å². The van der Waals surface area contributed by atoms with Crippen molar-refractivity contribution in [3.63, 3.8) is 0 Å². The van der Waals surface area contributed by atoms with Gasteiger partial charge >= 0.3 is 0 Å². The first-order chi connectivity index (χ1) is 8.72. The van der Waals surface area contributed by atoms with Crippen LogP contribution < -0.4 is 0 Å². The maximum Gasteiger partial charge on any atom is 0.0589 e. The van der Waals surface area contributed by atoms with E-state index in [0.29, 0.717) is 11.5 Å². The quantitative estimate of drug-likeness (QED) is 0.713. The zero-order valence-electron chi connectivity index (χ0n) is 11.6. The van der Waals surface area contributed by atoms with Crippen LogP contribution in [0.2, 0.25) is 0 Å².